The van der Waals surface area contributed by atoms with Crippen LogP contribution in [0.2, 0.25) is 0 Å². The van der Waals surface area contributed by atoms with Gasteiger partial charge in [0.2, 0.25) is 0 Å². The van der Waals surface area contributed by atoms with Crippen molar-refractivity contribution in [1.82, 2.24) is 0 Å². The van der Waals surface area contributed by atoms with Crippen LogP contribution in [-0.4, -0.2) is 23.6 Å². The van der Waals surface area contributed by atoms with E-state index >= 15 is 0 Å². The molecule has 4 aromatic rings. The van der Waals surface area contributed by atoms with Gasteiger partial charge < -0.3 is 24.8 Å². The van der Waals surface area contributed by atoms with E-state index in [1.807, 2.05) is 0 Å². The third kappa shape index (κ3) is 11.3. The summed E-state index contributed by atoms with van der Waals surface area (Å²) in [6.07, 6.45) is 10.8. The Morgan fingerprint density at radius 1 is 0.641 bits per heavy atom. The Morgan fingerprint density at radius 3 is 1.46 bits per heavy atom. The number of hydrogen-bond donors (Lipinski definition) is 0. The third-order valence-electron chi connectivity index (χ3n) is 7.56. The van der Waals surface area contributed by atoms with Crippen LogP contribution in [-0.2, 0) is 25.8 Å². The zero-order valence-electron chi connectivity index (χ0n) is 24.9. The minimum Gasteiger partial charge on any atom is -1.00 e. The summed E-state index contributed by atoms with van der Waals surface area (Å²) in [4.78, 5) is 0. The van der Waals surface area contributed by atoms with E-state index < -0.39 is 0 Å². The minimum absolute atomic E-state index is 0. The number of fused-ring (bicyclic) bond motifs is 2. The fourth-order valence-electron chi connectivity index (χ4n) is 5.00. The van der Waals surface area contributed by atoms with Gasteiger partial charge in [-0.2, -0.15) is 12.1 Å². The maximum Gasteiger partial charge on any atom is 4.00 e. The average molecular weight is 768 g/mol. The number of benzene rings is 2. The quantitative estimate of drug-likeness (QED) is 0.113. The summed E-state index contributed by atoms with van der Waals surface area (Å²) in [5, 5.41) is 8.90. The maximum absolute atomic E-state index is 2.44. The van der Waals surface area contributed by atoms with Gasteiger partial charge in [0.05, 0.1) is 0 Å². The van der Waals surface area contributed by atoms with Crippen molar-refractivity contribution in [3.8, 4) is 0 Å². The molecule has 212 valence electrons. The molecule has 0 aliphatic rings. The summed E-state index contributed by atoms with van der Waals surface area (Å²) in [7, 11) is 0.0604. The summed E-state index contributed by atoms with van der Waals surface area (Å²) < 4.78 is 0. The normalized spacial score (nSPS) is 13.0. The first kappa shape index (κ1) is 39.0. The Morgan fingerprint density at radius 2 is 1.05 bits per heavy atom. The van der Waals surface area contributed by atoms with Crippen LogP contribution in [0.4, 0.5) is 0 Å². The Bertz CT molecular complexity index is 1080. The number of halogens is 2. The fourth-order valence-corrected chi connectivity index (χ4v) is 11.0. The predicted molar refractivity (Wildman–Crippen MR) is 171 cm³/mol. The number of hydrogen-bond acceptors (Lipinski definition) is 0. The standard InChI is InChI=1S/2C17H24P.2ClH.Hf/c1-5-13(3)18(14(4)6-2)17-11-15-9-7-8-10-16(15)12-17;1-3-5-11-18(12-6-4-2)17-13-15-9-7-8-10-16(15)14-17;;;/h7-14H,5-6H2,1-4H3;7-10,13-14H,3-6,11-12H2,1-2H3;2*1H;/q2*-1;;;+4/p-2. The molecule has 0 nitrogen and oxygen atoms in total. The van der Waals surface area contributed by atoms with Gasteiger partial charge in [0.15, 0.2) is 0 Å². The summed E-state index contributed by atoms with van der Waals surface area (Å²) in [5.74, 6) is 0. The average Bonchev–Trinajstić information content (AvgIpc) is 3.53. The molecule has 0 radical (unpaired) electrons. The van der Waals surface area contributed by atoms with Crippen molar-refractivity contribution in [2.75, 3.05) is 12.3 Å². The van der Waals surface area contributed by atoms with Gasteiger partial charge in [-0.05, 0) is 49.3 Å². The molecular weight excluding hydrogens is 720 g/mol. The van der Waals surface area contributed by atoms with Crippen molar-refractivity contribution in [2.24, 2.45) is 0 Å². The second kappa shape index (κ2) is 20.8. The molecule has 0 N–H and O–H groups in total. The van der Waals surface area contributed by atoms with E-state index in [2.05, 4.69) is 114 Å². The van der Waals surface area contributed by atoms with E-state index in [4.69, 9.17) is 0 Å². The van der Waals surface area contributed by atoms with Crippen molar-refractivity contribution in [1.29, 1.82) is 0 Å². The van der Waals surface area contributed by atoms with Crippen LogP contribution in [0.15, 0.2) is 72.8 Å². The van der Waals surface area contributed by atoms with Gasteiger partial charge in [-0.3, -0.25) is 0 Å². The van der Waals surface area contributed by atoms with Crippen LogP contribution >= 0.6 is 15.8 Å². The van der Waals surface area contributed by atoms with Crippen LogP contribution in [0.5, 0.6) is 0 Å². The van der Waals surface area contributed by atoms with E-state index in [9.17, 15) is 0 Å². The van der Waals surface area contributed by atoms with E-state index in [0.717, 1.165) is 11.3 Å². The van der Waals surface area contributed by atoms with Crippen molar-refractivity contribution >= 4 is 48.0 Å². The second-order valence-electron chi connectivity index (χ2n) is 10.3. The molecular formula is C34H48Cl2HfP2. The molecule has 4 aromatic carbocycles. The fraction of sp³-hybridized carbons (Fsp3) is 0.471. The Labute approximate surface area is 273 Å². The van der Waals surface area contributed by atoms with Crippen molar-refractivity contribution < 1.29 is 50.7 Å². The van der Waals surface area contributed by atoms with Gasteiger partial charge in [0.25, 0.3) is 0 Å². The van der Waals surface area contributed by atoms with Gasteiger partial charge in [0, 0.05) is 0 Å². The molecule has 0 fully saturated rings. The van der Waals surface area contributed by atoms with Crippen LogP contribution in [0.3, 0.4) is 0 Å². The molecule has 0 saturated heterocycles. The largest absolute Gasteiger partial charge is 4.00 e. The first-order valence-electron chi connectivity index (χ1n) is 14.4. The van der Waals surface area contributed by atoms with E-state index in [1.54, 1.807) is 10.6 Å². The van der Waals surface area contributed by atoms with Crippen molar-refractivity contribution in [3.05, 3.63) is 72.8 Å². The number of rotatable bonds is 12. The molecule has 0 saturated carbocycles. The topological polar surface area (TPSA) is 0 Å². The second-order valence-corrected chi connectivity index (χ2v) is 15.9. The molecule has 0 heterocycles. The Hall–Kier alpha value is -0.0299. The molecule has 4 rings (SSSR count). The smallest absolute Gasteiger partial charge is 1.00 e. The first-order valence-corrected chi connectivity index (χ1v) is 17.6. The zero-order valence-corrected chi connectivity index (χ0v) is 31.8. The molecule has 0 amide bonds. The molecule has 2 unspecified atom stereocenters. The predicted octanol–water partition coefficient (Wildman–Crippen LogP) is 4.53. The summed E-state index contributed by atoms with van der Waals surface area (Å²) in [6, 6.07) is 27.3. The van der Waals surface area contributed by atoms with Gasteiger partial charge in [-0.25, -0.2) is 0 Å². The molecule has 0 aliphatic heterocycles. The van der Waals surface area contributed by atoms with E-state index in [0.29, 0.717) is 0 Å². The van der Waals surface area contributed by atoms with Crippen LogP contribution in [0.1, 0.15) is 80.1 Å². The molecule has 39 heavy (non-hydrogen) atoms. The third-order valence-corrected chi connectivity index (χ3v) is 13.7. The molecule has 0 aliphatic carbocycles. The first-order chi connectivity index (χ1) is 17.5. The Kier molecular flexibility index (Phi) is 20.8. The van der Waals surface area contributed by atoms with Gasteiger partial charge in [-0.1, -0.05) is 82.4 Å². The van der Waals surface area contributed by atoms with Crippen LogP contribution < -0.4 is 35.4 Å². The summed E-state index contributed by atoms with van der Waals surface area (Å²) in [5.41, 5.74) is 1.65. The summed E-state index contributed by atoms with van der Waals surface area (Å²) >= 11 is 0. The zero-order chi connectivity index (χ0) is 25.9. The Balaban J connectivity index is 0.000000688. The van der Waals surface area contributed by atoms with Crippen molar-refractivity contribution in [2.45, 2.75) is 91.4 Å². The SMILES string of the molecule is CCC(C)P(c1cc2ccccc2[cH-]1)C(C)CC.CCCCP(CCCC)c1cc2ccccc2[cH-]1.[Cl-].[Cl-].[Hf+4]. The van der Waals surface area contributed by atoms with Gasteiger partial charge in [0.1, 0.15) is 0 Å². The molecule has 0 aromatic heterocycles. The van der Waals surface area contributed by atoms with Gasteiger partial charge in [-0.15, -0.1) is 80.7 Å². The summed E-state index contributed by atoms with van der Waals surface area (Å²) in [6.45, 7) is 14.1. The van der Waals surface area contributed by atoms with Crippen LogP contribution in [0.25, 0.3) is 21.5 Å². The number of unbranched alkanes of at least 4 members (excludes halogenated alkanes) is 2. The van der Waals surface area contributed by atoms with E-state index in [1.165, 1.54) is 72.4 Å². The molecule has 2 atom stereocenters. The van der Waals surface area contributed by atoms with Crippen LogP contribution in [0, 0.1) is 0 Å². The maximum atomic E-state index is 2.44. The molecule has 0 bridgehead atoms. The monoisotopic (exact) mass is 768 g/mol. The minimum atomic E-state index is -0.0252. The molecule has 5 heteroatoms. The van der Waals surface area contributed by atoms with Crippen molar-refractivity contribution in [3.63, 3.8) is 0 Å². The van der Waals surface area contributed by atoms with Gasteiger partial charge >= 0.3 is 25.8 Å². The van der Waals surface area contributed by atoms with E-state index in [-0.39, 0.29) is 66.5 Å². The molecule has 0 spiro atoms.